The molecule has 1 N–H and O–H groups in total. The van der Waals surface area contributed by atoms with Gasteiger partial charge in [0.15, 0.2) is 0 Å². The summed E-state index contributed by atoms with van der Waals surface area (Å²) >= 11 is 12.5. The number of benzene rings is 2. The Hall–Kier alpha value is -2.24. The van der Waals surface area contributed by atoms with Gasteiger partial charge in [-0.25, -0.2) is 0 Å². The molecule has 1 fully saturated rings. The predicted molar refractivity (Wildman–Crippen MR) is 137 cm³/mol. The molecule has 184 valence electrons. The summed E-state index contributed by atoms with van der Waals surface area (Å²) in [6.45, 7) is 4.64. The van der Waals surface area contributed by atoms with Crippen molar-refractivity contribution in [2.75, 3.05) is 6.61 Å². The summed E-state index contributed by atoms with van der Waals surface area (Å²) in [5, 5.41) is 4.17. The van der Waals surface area contributed by atoms with Crippen LogP contribution in [-0.4, -0.2) is 35.4 Å². The third-order valence-corrected chi connectivity index (χ3v) is 6.85. The average molecular weight is 505 g/mol. The normalized spacial score (nSPS) is 14.6. The Bertz CT molecular complexity index is 959. The molecule has 1 saturated carbocycles. The minimum atomic E-state index is -0.558. The number of carbonyl (C=O) groups is 2. The van der Waals surface area contributed by atoms with Gasteiger partial charge in [0, 0.05) is 29.1 Å². The second-order valence-electron chi connectivity index (χ2n) is 8.94. The quantitative estimate of drug-likeness (QED) is 0.363. The van der Waals surface area contributed by atoms with E-state index in [1.54, 1.807) is 17.0 Å². The number of carbonyl (C=O) groups excluding carboxylic acids is 2. The fourth-order valence-corrected chi connectivity index (χ4v) is 4.78. The summed E-state index contributed by atoms with van der Waals surface area (Å²) in [7, 11) is 0. The van der Waals surface area contributed by atoms with E-state index in [1.807, 2.05) is 44.2 Å². The van der Waals surface area contributed by atoms with Gasteiger partial charge in [-0.05, 0) is 62.4 Å². The Kier molecular flexibility index (Phi) is 10.1. The second kappa shape index (κ2) is 13.0. The third kappa shape index (κ3) is 7.64. The maximum absolute atomic E-state index is 13.3. The van der Waals surface area contributed by atoms with Crippen molar-refractivity contribution in [3.05, 3.63) is 63.6 Å². The van der Waals surface area contributed by atoms with Gasteiger partial charge in [-0.3, -0.25) is 9.59 Å². The van der Waals surface area contributed by atoms with Crippen LogP contribution in [-0.2, 0) is 16.1 Å². The SMILES string of the molecule is CCC(C(=O)NC1CCCC1)N(Cc1ccc(Cl)cc1Cl)C(=O)CCCOc1ccc(C)cc1. The first-order valence-corrected chi connectivity index (χ1v) is 12.9. The number of rotatable bonds is 11. The van der Waals surface area contributed by atoms with Crippen LogP contribution < -0.4 is 10.1 Å². The maximum Gasteiger partial charge on any atom is 0.243 e. The fourth-order valence-electron chi connectivity index (χ4n) is 4.31. The Morgan fingerprint density at radius 2 is 1.82 bits per heavy atom. The molecule has 0 heterocycles. The van der Waals surface area contributed by atoms with Crippen LogP contribution >= 0.6 is 23.2 Å². The summed E-state index contributed by atoms with van der Waals surface area (Å²) in [6.07, 6.45) is 5.61. The van der Waals surface area contributed by atoms with Gasteiger partial charge in [0.2, 0.25) is 11.8 Å². The number of ether oxygens (including phenoxy) is 1. The van der Waals surface area contributed by atoms with Crippen molar-refractivity contribution in [3.63, 3.8) is 0 Å². The highest BCUT2D eigenvalue weighted by atomic mass is 35.5. The standard InChI is InChI=1S/C27H34Cl2N2O3/c1-3-25(27(33)30-22-7-4-5-8-22)31(18-20-12-13-21(28)17-24(20)29)26(32)9-6-16-34-23-14-10-19(2)11-15-23/h10-15,17,22,25H,3-9,16,18H2,1-2H3,(H,30,33). The van der Waals surface area contributed by atoms with Crippen molar-refractivity contribution in [2.24, 2.45) is 0 Å². The summed E-state index contributed by atoms with van der Waals surface area (Å²) in [5.74, 6) is 0.598. The van der Waals surface area contributed by atoms with Gasteiger partial charge in [-0.2, -0.15) is 0 Å². The van der Waals surface area contributed by atoms with E-state index < -0.39 is 6.04 Å². The van der Waals surface area contributed by atoms with Crippen LogP contribution in [0, 0.1) is 6.92 Å². The predicted octanol–water partition coefficient (Wildman–Crippen LogP) is 6.33. The van der Waals surface area contributed by atoms with Crippen molar-refractivity contribution < 1.29 is 14.3 Å². The highest BCUT2D eigenvalue weighted by Crippen LogP contribution is 2.25. The minimum absolute atomic E-state index is 0.0908. The first-order valence-electron chi connectivity index (χ1n) is 12.1. The van der Waals surface area contributed by atoms with Crippen LogP contribution in [0.5, 0.6) is 5.75 Å². The monoisotopic (exact) mass is 504 g/mol. The lowest BCUT2D eigenvalue weighted by atomic mass is 10.1. The minimum Gasteiger partial charge on any atom is -0.494 e. The topological polar surface area (TPSA) is 58.6 Å². The van der Waals surface area contributed by atoms with E-state index in [-0.39, 0.29) is 30.8 Å². The van der Waals surface area contributed by atoms with E-state index in [1.165, 1.54) is 5.56 Å². The molecular formula is C27H34Cl2N2O3. The van der Waals surface area contributed by atoms with Gasteiger partial charge in [0.25, 0.3) is 0 Å². The van der Waals surface area contributed by atoms with Gasteiger partial charge < -0.3 is 15.0 Å². The molecule has 0 aliphatic heterocycles. The third-order valence-electron chi connectivity index (χ3n) is 6.27. The zero-order chi connectivity index (χ0) is 24.5. The van der Waals surface area contributed by atoms with Gasteiger partial charge >= 0.3 is 0 Å². The van der Waals surface area contributed by atoms with E-state index in [4.69, 9.17) is 27.9 Å². The molecule has 2 amide bonds. The number of amides is 2. The molecule has 0 radical (unpaired) electrons. The number of aryl methyl sites for hydroxylation is 1. The average Bonchev–Trinajstić information content (AvgIpc) is 3.32. The molecule has 0 bridgehead atoms. The number of nitrogens with zero attached hydrogens (tertiary/aromatic N) is 1. The summed E-state index contributed by atoms with van der Waals surface area (Å²) in [6, 6.07) is 12.7. The molecule has 2 aromatic carbocycles. The smallest absolute Gasteiger partial charge is 0.243 e. The van der Waals surface area contributed by atoms with E-state index >= 15 is 0 Å². The number of nitrogens with one attached hydrogen (secondary N) is 1. The molecule has 7 heteroatoms. The highest BCUT2D eigenvalue weighted by molar-refractivity contribution is 6.35. The number of hydrogen-bond donors (Lipinski definition) is 1. The highest BCUT2D eigenvalue weighted by Gasteiger charge is 2.30. The van der Waals surface area contributed by atoms with Crippen LogP contribution in [0.3, 0.4) is 0 Å². The van der Waals surface area contributed by atoms with Crippen molar-refractivity contribution in [1.29, 1.82) is 0 Å². The summed E-state index contributed by atoms with van der Waals surface area (Å²) < 4.78 is 5.78. The Morgan fingerprint density at radius 1 is 1.12 bits per heavy atom. The molecule has 0 saturated heterocycles. The molecule has 1 atom stereocenters. The first kappa shape index (κ1) is 26.4. The Morgan fingerprint density at radius 3 is 2.47 bits per heavy atom. The van der Waals surface area contributed by atoms with Crippen molar-refractivity contribution in [1.82, 2.24) is 10.2 Å². The number of hydrogen-bond acceptors (Lipinski definition) is 3. The first-order chi connectivity index (χ1) is 16.4. The van der Waals surface area contributed by atoms with Crippen molar-refractivity contribution in [3.8, 4) is 5.75 Å². The second-order valence-corrected chi connectivity index (χ2v) is 9.78. The zero-order valence-corrected chi connectivity index (χ0v) is 21.5. The maximum atomic E-state index is 13.3. The molecule has 1 unspecified atom stereocenters. The molecule has 3 rings (SSSR count). The molecule has 0 spiro atoms. The lowest BCUT2D eigenvalue weighted by Gasteiger charge is -2.32. The van der Waals surface area contributed by atoms with Crippen molar-refractivity contribution >= 4 is 35.0 Å². The molecule has 1 aliphatic carbocycles. The lowest BCUT2D eigenvalue weighted by molar-refractivity contribution is -0.141. The van der Waals surface area contributed by atoms with Crippen LogP contribution in [0.2, 0.25) is 10.0 Å². The van der Waals surface area contributed by atoms with Gasteiger partial charge in [-0.15, -0.1) is 0 Å². The molecule has 34 heavy (non-hydrogen) atoms. The van der Waals surface area contributed by atoms with E-state index in [0.29, 0.717) is 29.5 Å². The molecule has 2 aromatic rings. The Balaban J connectivity index is 1.67. The van der Waals surface area contributed by atoms with Crippen LogP contribution in [0.15, 0.2) is 42.5 Å². The summed E-state index contributed by atoms with van der Waals surface area (Å²) in [5.41, 5.74) is 1.93. The Labute approximate surface area is 212 Å². The van der Waals surface area contributed by atoms with E-state index in [2.05, 4.69) is 5.32 Å². The van der Waals surface area contributed by atoms with Crippen LogP contribution in [0.1, 0.15) is 63.0 Å². The largest absolute Gasteiger partial charge is 0.494 e. The van der Waals surface area contributed by atoms with Gasteiger partial charge in [0.05, 0.1) is 6.61 Å². The zero-order valence-electron chi connectivity index (χ0n) is 20.0. The summed E-state index contributed by atoms with van der Waals surface area (Å²) in [4.78, 5) is 28.2. The van der Waals surface area contributed by atoms with Crippen LogP contribution in [0.4, 0.5) is 0 Å². The van der Waals surface area contributed by atoms with E-state index in [0.717, 1.165) is 37.0 Å². The molecule has 0 aromatic heterocycles. The molecule has 1 aliphatic rings. The van der Waals surface area contributed by atoms with E-state index in [9.17, 15) is 9.59 Å². The van der Waals surface area contributed by atoms with Crippen LogP contribution in [0.25, 0.3) is 0 Å². The fraction of sp³-hybridized carbons (Fsp3) is 0.481. The molecular weight excluding hydrogens is 471 g/mol. The molecule has 5 nitrogen and oxygen atoms in total. The van der Waals surface area contributed by atoms with Crippen molar-refractivity contribution in [2.45, 2.75) is 77.4 Å². The van der Waals surface area contributed by atoms with Gasteiger partial charge in [-0.1, -0.05) is 66.7 Å². The van der Waals surface area contributed by atoms with Gasteiger partial charge in [0.1, 0.15) is 11.8 Å². The number of halogens is 2. The lowest BCUT2D eigenvalue weighted by Crippen LogP contribution is -2.51.